The second-order valence-electron chi connectivity index (χ2n) is 5.87. The molecule has 8 heteroatoms. The van der Waals surface area contributed by atoms with E-state index in [4.69, 9.17) is 0 Å². The minimum Gasteiger partial charge on any atom is -0.377 e. The van der Waals surface area contributed by atoms with E-state index in [0.29, 0.717) is 31.5 Å². The molecule has 1 amide bonds. The van der Waals surface area contributed by atoms with E-state index in [-0.39, 0.29) is 23.3 Å². The molecule has 1 saturated heterocycles. The standard InChI is InChI=1S/C17H17FN4O3/c18-13-1-2-16(22(24)25)15(11-13)20-14-5-9-21(10-6-14)17(23)12-3-7-19-8-4-12/h1-4,7-8,11,14,20H,5-6,9-10H2. The Bertz CT molecular complexity index is 777. The van der Waals surface area contributed by atoms with E-state index in [2.05, 4.69) is 10.3 Å². The molecule has 1 aromatic carbocycles. The summed E-state index contributed by atoms with van der Waals surface area (Å²) in [7, 11) is 0. The molecular formula is C17H17FN4O3. The maximum atomic E-state index is 13.4. The van der Waals surface area contributed by atoms with Gasteiger partial charge in [0, 0.05) is 49.2 Å². The predicted octanol–water partition coefficient (Wildman–Crippen LogP) is 2.85. The minimum atomic E-state index is -0.538. The number of likely N-dealkylation sites (tertiary alicyclic amines) is 1. The van der Waals surface area contributed by atoms with Crippen molar-refractivity contribution in [3.63, 3.8) is 0 Å². The van der Waals surface area contributed by atoms with Crippen molar-refractivity contribution in [1.82, 2.24) is 9.88 Å². The number of carbonyl (C=O) groups excluding carboxylic acids is 1. The number of hydrogen-bond acceptors (Lipinski definition) is 5. The van der Waals surface area contributed by atoms with Crippen molar-refractivity contribution in [3.8, 4) is 0 Å². The van der Waals surface area contributed by atoms with E-state index >= 15 is 0 Å². The number of anilines is 1. The molecule has 0 radical (unpaired) electrons. The Hall–Kier alpha value is -3.03. The number of halogens is 1. The number of hydrogen-bond donors (Lipinski definition) is 1. The first-order valence-corrected chi connectivity index (χ1v) is 7.94. The molecule has 130 valence electrons. The van der Waals surface area contributed by atoms with Crippen LogP contribution in [0.25, 0.3) is 0 Å². The quantitative estimate of drug-likeness (QED) is 0.680. The van der Waals surface area contributed by atoms with Crippen LogP contribution >= 0.6 is 0 Å². The van der Waals surface area contributed by atoms with Gasteiger partial charge in [0.1, 0.15) is 11.5 Å². The van der Waals surface area contributed by atoms with Crippen LogP contribution in [0, 0.1) is 15.9 Å². The van der Waals surface area contributed by atoms with Gasteiger partial charge in [-0.2, -0.15) is 0 Å². The van der Waals surface area contributed by atoms with Gasteiger partial charge in [-0.05, 0) is 31.0 Å². The van der Waals surface area contributed by atoms with Gasteiger partial charge in [0.05, 0.1) is 4.92 Å². The van der Waals surface area contributed by atoms with Crippen molar-refractivity contribution < 1.29 is 14.1 Å². The highest BCUT2D eigenvalue weighted by Crippen LogP contribution is 2.27. The Morgan fingerprint density at radius 3 is 2.56 bits per heavy atom. The van der Waals surface area contributed by atoms with Crippen LogP contribution in [-0.2, 0) is 0 Å². The van der Waals surface area contributed by atoms with Crippen molar-refractivity contribution in [1.29, 1.82) is 0 Å². The Kier molecular flexibility index (Phi) is 4.87. The van der Waals surface area contributed by atoms with Crippen LogP contribution in [-0.4, -0.2) is 39.8 Å². The van der Waals surface area contributed by atoms with E-state index in [0.717, 1.165) is 18.2 Å². The smallest absolute Gasteiger partial charge is 0.292 e. The molecule has 1 fully saturated rings. The molecule has 3 rings (SSSR count). The van der Waals surface area contributed by atoms with Gasteiger partial charge in [0.2, 0.25) is 0 Å². The highest BCUT2D eigenvalue weighted by atomic mass is 19.1. The number of nitro groups is 1. The number of piperidine rings is 1. The van der Waals surface area contributed by atoms with Gasteiger partial charge in [0.15, 0.2) is 0 Å². The third kappa shape index (κ3) is 3.90. The third-order valence-electron chi connectivity index (χ3n) is 4.22. The fourth-order valence-electron chi connectivity index (χ4n) is 2.91. The molecule has 1 aliphatic rings. The highest BCUT2D eigenvalue weighted by molar-refractivity contribution is 5.94. The first-order valence-electron chi connectivity index (χ1n) is 7.94. The van der Waals surface area contributed by atoms with Gasteiger partial charge in [-0.25, -0.2) is 4.39 Å². The topological polar surface area (TPSA) is 88.4 Å². The largest absolute Gasteiger partial charge is 0.377 e. The number of aromatic nitrogens is 1. The first-order chi connectivity index (χ1) is 12.0. The maximum Gasteiger partial charge on any atom is 0.292 e. The average Bonchev–Trinajstić information content (AvgIpc) is 2.62. The van der Waals surface area contributed by atoms with Crippen molar-refractivity contribution in [2.75, 3.05) is 18.4 Å². The SMILES string of the molecule is O=C(c1ccncc1)N1CCC(Nc2cc(F)ccc2[N+](=O)[O-])CC1. The highest BCUT2D eigenvalue weighted by Gasteiger charge is 2.25. The molecule has 0 atom stereocenters. The summed E-state index contributed by atoms with van der Waals surface area (Å²) in [6.07, 6.45) is 4.41. The number of nitrogens with zero attached hydrogens (tertiary/aromatic N) is 3. The number of nitrogens with one attached hydrogen (secondary N) is 1. The summed E-state index contributed by atoms with van der Waals surface area (Å²) in [5, 5.41) is 14.1. The van der Waals surface area contributed by atoms with Crippen molar-refractivity contribution in [3.05, 3.63) is 64.2 Å². The van der Waals surface area contributed by atoms with Crippen LogP contribution in [0.3, 0.4) is 0 Å². The van der Waals surface area contributed by atoms with Gasteiger partial charge in [-0.15, -0.1) is 0 Å². The van der Waals surface area contributed by atoms with Crippen LogP contribution in [0.1, 0.15) is 23.2 Å². The van der Waals surface area contributed by atoms with Gasteiger partial charge in [-0.1, -0.05) is 0 Å². The summed E-state index contributed by atoms with van der Waals surface area (Å²) in [4.78, 5) is 28.6. The fourth-order valence-corrected chi connectivity index (χ4v) is 2.91. The molecule has 2 aromatic rings. The molecule has 25 heavy (non-hydrogen) atoms. The third-order valence-corrected chi connectivity index (χ3v) is 4.22. The van der Waals surface area contributed by atoms with Gasteiger partial charge in [-0.3, -0.25) is 19.9 Å². The molecule has 0 saturated carbocycles. The zero-order valence-corrected chi connectivity index (χ0v) is 13.4. The number of rotatable bonds is 4. The molecule has 0 bridgehead atoms. The number of amides is 1. The minimum absolute atomic E-state index is 0.0537. The number of carbonyl (C=O) groups is 1. The fraction of sp³-hybridized carbons (Fsp3) is 0.294. The van der Waals surface area contributed by atoms with Gasteiger partial charge < -0.3 is 10.2 Å². The normalized spacial score (nSPS) is 15.0. The molecule has 0 spiro atoms. The van der Waals surface area contributed by atoms with E-state index in [1.165, 1.54) is 0 Å². The second kappa shape index (κ2) is 7.25. The average molecular weight is 344 g/mol. The van der Waals surface area contributed by atoms with Crippen LogP contribution in [0.4, 0.5) is 15.8 Å². The van der Waals surface area contributed by atoms with E-state index in [9.17, 15) is 19.3 Å². The Morgan fingerprint density at radius 1 is 1.24 bits per heavy atom. The monoisotopic (exact) mass is 344 g/mol. The Morgan fingerprint density at radius 2 is 1.92 bits per heavy atom. The molecular weight excluding hydrogens is 327 g/mol. The molecule has 1 N–H and O–H groups in total. The summed E-state index contributed by atoms with van der Waals surface area (Å²) in [6.45, 7) is 1.06. The Labute approximate surface area is 143 Å². The predicted molar refractivity (Wildman–Crippen MR) is 89.8 cm³/mol. The second-order valence-corrected chi connectivity index (χ2v) is 5.87. The van der Waals surface area contributed by atoms with E-state index in [1.807, 2.05) is 0 Å². The van der Waals surface area contributed by atoms with Crippen molar-refractivity contribution >= 4 is 17.3 Å². The van der Waals surface area contributed by atoms with Crippen molar-refractivity contribution in [2.24, 2.45) is 0 Å². The van der Waals surface area contributed by atoms with Crippen LogP contribution in [0.5, 0.6) is 0 Å². The molecule has 0 aliphatic carbocycles. The molecule has 1 aliphatic heterocycles. The summed E-state index contributed by atoms with van der Waals surface area (Å²) in [5.41, 5.74) is 0.600. The summed E-state index contributed by atoms with van der Waals surface area (Å²) < 4.78 is 13.4. The molecule has 2 heterocycles. The van der Waals surface area contributed by atoms with Gasteiger partial charge >= 0.3 is 0 Å². The van der Waals surface area contributed by atoms with Crippen LogP contribution < -0.4 is 5.32 Å². The lowest BCUT2D eigenvalue weighted by Gasteiger charge is -2.32. The molecule has 7 nitrogen and oxygen atoms in total. The maximum absolute atomic E-state index is 13.4. The van der Waals surface area contributed by atoms with E-state index in [1.54, 1.807) is 29.4 Å². The summed E-state index contributed by atoms with van der Waals surface area (Å²) >= 11 is 0. The number of nitro benzene ring substituents is 1. The zero-order valence-electron chi connectivity index (χ0n) is 13.4. The molecule has 0 unspecified atom stereocenters. The molecule has 1 aromatic heterocycles. The summed E-state index contributed by atoms with van der Waals surface area (Å²) in [5.74, 6) is -0.587. The van der Waals surface area contributed by atoms with Crippen molar-refractivity contribution in [2.45, 2.75) is 18.9 Å². The lowest BCUT2D eigenvalue weighted by molar-refractivity contribution is -0.384. The Balaban J connectivity index is 1.63. The number of pyridine rings is 1. The lowest BCUT2D eigenvalue weighted by atomic mass is 10.0. The zero-order chi connectivity index (χ0) is 17.8. The van der Waals surface area contributed by atoms with Crippen LogP contribution in [0.2, 0.25) is 0 Å². The van der Waals surface area contributed by atoms with E-state index < -0.39 is 10.7 Å². The first kappa shape index (κ1) is 16.8. The van der Waals surface area contributed by atoms with Crippen LogP contribution in [0.15, 0.2) is 42.7 Å². The summed E-state index contributed by atoms with van der Waals surface area (Å²) in [6, 6.07) is 6.64. The number of benzene rings is 1. The van der Waals surface area contributed by atoms with Gasteiger partial charge in [0.25, 0.3) is 11.6 Å². The lowest BCUT2D eigenvalue weighted by Crippen LogP contribution is -2.42.